The molecule has 0 radical (unpaired) electrons. The van der Waals surface area contributed by atoms with E-state index in [4.69, 9.17) is 4.42 Å². The molecule has 2 N–H and O–H groups in total. The van der Waals surface area contributed by atoms with Crippen molar-refractivity contribution in [1.82, 2.24) is 15.4 Å². The van der Waals surface area contributed by atoms with Crippen LogP contribution in [0, 0.1) is 0 Å². The highest BCUT2D eigenvalue weighted by Gasteiger charge is 2.49. The second-order valence-electron chi connectivity index (χ2n) is 9.45. The molecular weight excluding hydrogens is 550 g/mol. The molecule has 206 valence electrons. The van der Waals surface area contributed by atoms with Gasteiger partial charge in [0.05, 0.1) is 18.4 Å². The van der Waals surface area contributed by atoms with Gasteiger partial charge in [0.1, 0.15) is 4.75 Å². The Hall–Kier alpha value is -4.06. The first-order valence-corrected chi connectivity index (χ1v) is 15.1. The van der Waals surface area contributed by atoms with Crippen molar-refractivity contribution in [1.29, 1.82) is 0 Å². The van der Waals surface area contributed by atoms with Gasteiger partial charge in [-0.05, 0) is 35.8 Å². The van der Waals surface area contributed by atoms with Crippen LogP contribution in [-0.2, 0) is 24.2 Å². The summed E-state index contributed by atoms with van der Waals surface area (Å²) in [4.78, 5) is 32.1. The first-order chi connectivity index (χ1) is 19.3. The lowest BCUT2D eigenvalue weighted by atomic mass is 9.97. The van der Waals surface area contributed by atoms with Crippen LogP contribution in [0.1, 0.15) is 23.3 Å². The third-order valence-corrected chi connectivity index (χ3v) is 11.0. The summed E-state index contributed by atoms with van der Waals surface area (Å²) in [7, 11) is -3.92. The molecule has 2 amide bonds. The fourth-order valence-electron chi connectivity index (χ4n) is 4.82. The van der Waals surface area contributed by atoms with Crippen molar-refractivity contribution in [3.8, 4) is 21.8 Å². The van der Waals surface area contributed by atoms with Gasteiger partial charge in [0.25, 0.3) is 0 Å². The fourth-order valence-corrected chi connectivity index (χ4v) is 8.43. The molecule has 1 fully saturated rings. The number of nitrogens with zero attached hydrogens (tertiary/aromatic N) is 2. The van der Waals surface area contributed by atoms with Gasteiger partial charge in [0, 0.05) is 34.5 Å². The Labute approximate surface area is 235 Å². The van der Waals surface area contributed by atoms with Gasteiger partial charge in [-0.15, -0.1) is 11.3 Å². The molecule has 1 aliphatic heterocycles. The zero-order chi connectivity index (χ0) is 28.2. The smallest absolute Gasteiger partial charge is 0.246 e. The van der Waals surface area contributed by atoms with Crippen LogP contribution in [0.25, 0.3) is 27.8 Å². The molecule has 40 heavy (non-hydrogen) atoms. The molecule has 0 aliphatic carbocycles. The number of rotatable bonds is 7. The van der Waals surface area contributed by atoms with Crippen molar-refractivity contribution >= 4 is 39.1 Å². The number of carbonyl (C=O) groups excluding carboxylic acids is 2. The van der Waals surface area contributed by atoms with Gasteiger partial charge in [-0.2, -0.15) is 0 Å². The summed E-state index contributed by atoms with van der Waals surface area (Å²) in [6.07, 6.45) is 5.65. The summed E-state index contributed by atoms with van der Waals surface area (Å²) in [5.74, 6) is -0.788. The van der Waals surface area contributed by atoms with E-state index in [1.807, 2.05) is 60.7 Å². The lowest BCUT2D eigenvalue weighted by Crippen LogP contribution is -2.41. The minimum absolute atomic E-state index is 0.00409. The minimum Gasteiger partial charge on any atom is -0.444 e. The van der Waals surface area contributed by atoms with Crippen LogP contribution < -0.4 is 5.48 Å². The molecule has 1 aliphatic rings. The Bertz CT molecular complexity index is 1610. The van der Waals surface area contributed by atoms with Gasteiger partial charge in [-0.1, -0.05) is 54.6 Å². The van der Waals surface area contributed by atoms with Crippen molar-refractivity contribution in [2.45, 2.75) is 17.6 Å². The average Bonchev–Trinajstić information content (AvgIpc) is 3.67. The number of nitrogens with one attached hydrogen (secondary N) is 1. The zero-order valence-electron chi connectivity index (χ0n) is 21.4. The fraction of sp³-hybridized carbons (Fsp3) is 0.207. The number of benzene rings is 2. The number of aromatic nitrogens is 1. The highest BCUT2D eigenvalue weighted by atomic mass is 32.2. The van der Waals surface area contributed by atoms with Gasteiger partial charge in [0.15, 0.2) is 22.0 Å². The molecule has 2 aromatic carbocycles. The maximum Gasteiger partial charge on any atom is 0.246 e. The highest BCUT2D eigenvalue weighted by Crippen LogP contribution is 2.45. The summed E-state index contributed by atoms with van der Waals surface area (Å²) >= 11 is 1.28. The summed E-state index contributed by atoms with van der Waals surface area (Å²) in [6.45, 7) is 0.138. The molecule has 0 bridgehead atoms. The first kappa shape index (κ1) is 27.5. The Morgan fingerprint density at radius 1 is 1.05 bits per heavy atom. The topological polar surface area (TPSA) is 130 Å². The Morgan fingerprint density at radius 2 is 1.80 bits per heavy atom. The normalized spacial score (nSPS) is 18.9. The molecule has 5 rings (SSSR count). The van der Waals surface area contributed by atoms with Gasteiger partial charge in [-0.3, -0.25) is 14.8 Å². The minimum atomic E-state index is -3.92. The molecule has 1 atom stereocenters. The molecule has 11 heteroatoms. The van der Waals surface area contributed by atoms with E-state index in [9.17, 15) is 23.2 Å². The number of sulfone groups is 1. The number of carbonyl (C=O) groups is 2. The van der Waals surface area contributed by atoms with Crippen molar-refractivity contribution < 1.29 is 27.6 Å². The molecule has 0 saturated carbocycles. The molecule has 1 saturated heterocycles. The Balaban J connectivity index is 1.43. The molecule has 2 aromatic heterocycles. The number of oxazole rings is 1. The third kappa shape index (κ3) is 5.62. The summed E-state index contributed by atoms with van der Waals surface area (Å²) in [5, 5.41) is 9.30. The van der Waals surface area contributed by atoms with Crippen LogP contribution in [0.4, 0.5) is 0 Å². The second-order valence-corrected chi connectivity index (χ2v) is 13.0. The molecule has 4 aromatic rings. The monoisotopic (exact) mass is 577 g/mol. The van der Waals surface area contributed by atoms with Gasteiger partial charge in [-0.25, -0.2) is 18.9 Å². The molecular formula is C29H27N3O6S2. The van der Waals surface area contributed by atoms with Crippen molar-refractivity contribution in [3.63, 3.8) is 0 Å². The van der Waals surface area contributed by atoms with E-state index >= 15 is 0 Å². The lowest BCUT2D eigenvalue weighted by Gasteiger charge is -2.30. The maximum absolute atomic E-state index is 13.8. The average molecular weight is 578 g/mol. The third-order valence-electron chi connectivity index (χ3n) is 7.05. The Kier molecular flexibility index (Phi) is 7.97. The summed E-state index contributed by atoms with van der Waals surface area (Å²) in [5.41, 5.74) is 4.17. The predicted molar refractivity (Wildman–Crippen MR) is 152 cm³/mol. The number of amides is 2. The van der Waals surface area contributed by atoms with Crippen LogP contribution >= 0.6 is 11.3 Å². The number of hydrogen-bond acceptors (Lipinski definition) is 8. The van der Waals surface area contributed by atoms with E-state index in [1.54, 1.807) is 23.8 Å². The van der Waals surface area contributed by atoms with E-state index in [0.717, 1.165) is 21.6 Å². The van der Waals surface area contributed by atoms with Gasteiger partial charge >= 0.3 is 0 Å². The Morgan fingerprint density at radius 3 is 2.50 bits per heavy atom. The van der Waals surface area contributed by atoms with Crippen LogP contribution in [0.5, 0.6) is 0 Å². The highest BCUT2D eigenvalue weighted by molar-refractivity contribution is 7.92. The van der Waals surface area contributed by atoms with Crippen molar-refractivity contribution in [2.24, 2.45) is 0 Å². The van der Waals surface area contributed by atoms with E-state index in [2.05, 4.69) is 4.98 Å². The number of hydroxylamine groups is 1. The largest absolute Gasteiger partial charge is 0.444 e. The standard InChI is InChI=1S/C29H27N3O6S2/c33-27(31-35)18-29(26-12-11-25(39-26)23-9-7-22(8-10-23)24-19-30-20-38-24)14-15-32(16-17-40(29,36)37)28(34)13-6-21-4-2-1-3-5-21/h1-13,19-20,35H,14-18H2,(H,31,33). The second kappa shape index (κ2) is 11.6. The van der Waals surface area contributed by atoms with E-state index in [1.165, 1.54) is 28.7 Å². The predicted octanol–water partition coefficient (Wildman–Crippen LogP) is 4.52. The molecule has 0 spiro atoms. The van der Waals surface area contributed by atoms with Crippen LogP contribution in [0.2, 0.25) is 0 Å². The number of hydrogen-bond donors (Lipinski definition) is 2. The van der Waals surface area contributed by atoms with Crippen LogP contribution in [0.3, 0.4) is 0 Å². The summed E-state index contributed by atoms with van der Waals surface area (Å²) < 4.78 is 31.4. The SMILES string of the molecule is O=C(CC1(c2ccc(-c3ccc(-c4cnco4)cc3)s2)CCN(C(=O)C=Cc2ccccc2)CCS1(=O)=O)NO. The maximum atomic E-state index is 13.8. The van der Waals surface area contributed by atoms with Crippen molar-refractivity contribution in [3.05, 3.63) is 95.8 Å². The molecule has 9 nitrogen and oxygen atoms in total. The molecule has 3 heterocycles. The zero-order valence-corrected chi connectivity index (χ0v) is 23.0. The van der Waals surface area contributed by atoms with E-state index < -0.39 is 26.9 Å². The van der Waals surface area contributed by atoms with Crippen molar-refractivity contribution in [2.75, 3.05) is 18.8 Å². The number of thiophene rings is 1. The molecule has 1 unspecified atom stereocenters. The van der Waals surface area contributed by atoms with E-state index in [-0.39, 0.29) is 31.2 Å². The quantitative estimate of drug-likeness (QED) is 0.188. The van der Waals surface area contributed by atoms with Gasteiger partial charge in [0.2, 0.25) is 11.8 Å². The lowest BCUT2D eigenvalue weighted by molar-refractivity contribution is -0.129. The first-order valence-electron chi connectivity index (χ1n) is 12.6. The van der Waals surface area contributed by atoms with Crippen LogP contribution in [-0.4, -0.2) is 54.2 Å². The summed E-state index contributed by atoms with van der Waals surface area (Å²) in [6, 6.07) is 20.5. The van der Waals surface area contributed by atoms with E-state index in [0.29, 0.717) is 10.6 Å². The van der Waals surface area contributed by atoms with Gasteiger partial charge < -0.3 is 9.32 Å². The van der Waals surface area contributed by atoms with Crippen LogP contribution in [0.15, 0.2) is 89.8 Å².